The van der Waals surface area contributed by atoms with Gasteiger partial charge in [-0.1, -0.05) is 11.6 Å². The minimum absolute atomic E-state index is 0.795. The summed E-state index contributed by atoms with van der Waals surface area (Å²) in [5.74, 6) is 0. The molecule has 0 aliphatic carbocycles. The highest BCUT2D eigenvalue weighted by Crippen LogP contribution is 2.20. The lowest BCUT2D eigenvalue weighted by Crippen LogP contribution is -2.35. The van der Waals surface area contributed by atoms with E-state index in [1.54, 1.807) is 0 Å². The molecule has 0 bridgehead atoms. The average Bonchev–Trinajstić information content (AvgIpc) is 2.48. The normalized spacial score (nSPS) is 18.3. The molecule has 1 aromatic heterocycles. The van der Waals surface area contributed by atoms with Gasteiger partial charge >= 0.3 is 0 Å². The van der Waals surface area contributed by atoms with E-state index in [1.807, 2.05) is 18.7 Å². The van der Waals surface area contributed by atoms with Gasteiger partial charge in [0, 0.05) is 26.7 Å². The topological polar surface area (TPSA) is 30.3 Å². The number of hydrogen-bond donors (Lipinski definition) is 0. The number of rotatable bonds is 2. The summed E-state index contributed by atoms with van der Waals surface area (Å²) in [6.45, 7) is 6.35. The summed E-state index contributed by atoms with van der Waals surface area (Å²) >= 11 is 6.19. The fourth-order valence-corrected chi connectivity index (χ4v) is 1.94. The van der Waals surface area contributed by atoms with Gasteiger partial charge in [0.05, 0.1) is 29.6 Å². The van der Waals surface area contributed by atoms with E-state index in [9.17, 15) is 0 Å². The maximum absolute atomic E-state index is 6.19. The van der Waals surface area contributed by atoms with Crippen molar-refractivity contribution in [2.75, 3.05) is 26.3 Å². The number of nitrogens with zero attached hydrogens (tertiary/aromatic N) is 3. The molecule has 0 saturated carbocycles. The second-order valence-electron chi connectivity index (χ2n) is 3.86. The van der Waals surface area contributed by atoms with Crippen LogP contribution in [0.25, 0.3) is 0 Å². The van der Waals surface area contributed by atoms with Gasteiger partial charge in [-0.05, 0) is 6.92 Å². The van der Waals surface area contributed by atoms with E-state index in [0.29, 0.717) is 0 Å². The molecule has 5 heteroatoms. The maximum atomic E-state index is 6.19. The Morgan fingerprint density at radius 2 is 2.07 bits per heavy atom. The molecular weight excluding hydrogens is 214 g/mol. The van der Waals surface area contributed by atoms with Gasteiger partial charge in [0.1, 0.15) is 0 Å². The first kappa shape index (κ1) is 10.9. The standard InChI is InChI=1S/C10H16ClN3O/c1-8-10(11)9(12-13(8)2)7-14-3-5-15-6-4-14/h3-7H2,1-2H3. The van der Waals surface area contributed by atoms with E-state index < -0.39 is 0 Å². The molecule has 2 rings (SSSR count). The lowest BCUT2D eigenvalue weighted by molar-refractivity contribution is 0.0336. The molecule has 0 unspecified atom stereocenters. The number of aryl methyl sites for hydroxylation is 1. The van der Waals surface area contributed by atoms with Crippen LogP contribution in [0.4, 0.5) is 0 Å². The van der Waals surface area contributed by atoms with Crippen LogP contribution in [0.1, 0.15) is 11.4 Å². The Balaban J connectivity index is 2.06. The molecule has 2 heterocycles. The highest BCUT2D eigenvalue weighted by atomic mass is 35.5. The molecule has 1 aliphatic heterocycles. The molecule has 4 nitrogen and oxygen atoms in total. The average molecular weight is 230 g/mol. The molecule has 84 valence electrons. The monoisotopic (exact) mass is 229 g/mol. The van der Waals surface area contributed by atoms with Gasteiger partial charge in [0.2, 0.25) is 0 Å². The van der Waals surface area contributed by atoms with Crippen LogP contribution in [0.2, 0.25) is 5.02 Å². The predicted molar refractivity (Wildman–Crippen MR) is 59.1 cm³/mol. The Morgan fingerprint density at radius 1 is 1.40 bits per heavy atom. The molecule has 15 heavy (non-hydrogen) atoms. The van der Waals surface area contributed by atoms with Gasteiger partial charge in [-0.2, -0.15) is 5.10 Å². The predicted octanol–water partition coefficient (Wildman–Crippen LogP) is 1.21. The highest BCUT2D eigenvalue weighted by Gasteiger charge is 2.16. The van der Waals surface area contributed by atoms with Gasteiger partial charge in [0.25, 0.3) is 0 Å². The molecule has 0 atom stereocenters. The second kappa shape index (κ2) is 4.51. The van der Waals surface area contributed by atoms with Crippen molar-refractivity contribution < 1.29 is 4.74 Å². The summed E-state index contributed by atoms with van der Waals surface area (Å²) in [4.78, 5) is 2.32. The molecule has 1 aromatic rings. The van der Waals surface area contributed by atoms with Crippen LogP contribution in [-0.2, 0) is 18.3 Å². The fraction of sp³-hybridized carbons (Fsp3) is 0.700. The third-order valence-electron chi connectivity index (χ3n) is 2.80. The lowest BCUT2D eigenvalue weighted by atomic mass is 10.3. The van der Waals surface area contributed by atoms with E-state index in [1.165, 1.54) is 0 Å². The number of aromatic nitrogens is 2. The van der Waals surface area contributed by atoms with Crippen molar-refractivity contribution in [3.63, 3.8) is 0 Å². The Kier molecular flexibility index (Phi) is 3.29. The van der Waals surface area contributed by atoms with Gasteiger partial charge in [-0.3, -0.25) is 9.58 Å². The Bertz CT molecular complexity index is 345. The molecule has 1 aliphatic rings. The van der Waals surface area contributed by atoms with E-state index in [4.69, 9.17) is 16.3 Å². The molecule has 1 fully saturated rings. The minimum atomic E-state index is 0.795. The van der Waals surface area contributed by atoms with Gasteiger partial charge in [-0.25, -0.2) is 0 Å². The van der Waals surface area contributed by atoms with E-state index in [-0.39, 0.29) is 0 Å². The first-order chi connectivity index (χ1) is 7.18. The number of ether oxygens (including phenoxy) is 1. The third kappa shape index (κ3) is 2.33. The largest absolute Gasteiger partial charge is 0.379 e. The molecule has 0 aromatic carbocycles. The van der Waals surface area contributed by atoms with E-state index >= 15 is 0 Å². The van der Waals surface area contributed by atoms with Crippen molar-refractivity contribution in [3.8, 4) is 0 Å². The molecule has 0 radical (unpaired) electrons. The Hall–Kier alpha value is -0.580. The van der Waals surface area contributed by atoms with Crippen molar-refractivity contribution in [3.05, 3.63) is 16.4 Å². The van der Waals surface area contributed by atoms with Crippen molar-refractivity contribution in [1.82, 2.24) is 14.7 Å². The fourth-order valence-electron chi connectivity index (χ4n) is 1.72. The van der Waals surface area contributed by atoms with Crippen LogP contribution >= 0.6 is 11.6 Å². The number of halogens is 1. The van der Waals surface area contributed by atoms with Crippen molar-refractivity contribution in [2.45, 2.75) is 13.5 Å². The summed E-state index contributed by atoms with van der Waals surface area (Å²) in [6, 6.07) is 0. The summed E-state index contributed by atoms with van der Waals surface area (Å²) in [7, 11) is 1.92. The van der Waals surface area contributed by atoms with Crippen LogP contribution in [0.15, 0.2) is 0 Å². The maximum Gasteiger partial charge on any atom is 0.0953 e. The minimum Gasteiger partial charge on any atom is -0.379 e. The molecular formula is C10H16ClN3O. The zero-order chi connectivity index (χ0) is 10.8. The summed E-state index contributed by atoms with van der Waals surface area (Å²) in [5.41, 5.74) is 2.00. The van der Waals surface area contributed by atoms with Crippen LogP contribution in [0, 0.1) is 6.92 Å². The first-order valence-electron chi connectivity index (χ1n) is 5.16. The quantitative estimate of drug-likeness (QED) is 0.764. The van der Waals surface area contributed by atoms with Crippen LogP contribution in [-0.4, -0.2) is 41.0 Å². The Morgan fingerprint density at radius 3 is 2.60 bits per heavy atom. The number of morpholine rings is 1. The molecule has 0 spiro atoms. The van der Waals surface area contributed by atoms with Gasteiger partial charge in [-0.15, -0.1) is 0 Å². The molecule has 0 N–H and O–H groups in total. The van der Waals surface area contributed by atoms with Crippen LogP contribution in [0.3, 0.4) is 0 Å². The van der Waals surface area contributed by atoms with Gasteiger partial charge < -0.3 is 4.74 Å². The number of hydrogen-bond acceptors (Lipinski definition) is 3. The van der Waals surface area contributed by atoms with Crippen molar-refractivity contribution in [1.29, 1.82) is 0 Å². The SMILES string of the molecule is Cc1c(Cl)c(CN2CCOCC2)nn1C. The van der Waals surface area contributed by atoms with Crippen LogP contribution < -0.4 is 0 Å². The van der Waals surface area contributed by atoms with Gasteiger partial charge in [0.15, 0.2) is 0 Å². The lowest BCUT2D eigenvalue weighted by Gasteiger charge is -2.25. The molecule has 0 amide bonds. The smallest absolute Gasteiger partial charge is 0.0953 e. The summed E-state index contributed by atoms with van der Waals surface area (Å²) in [5, 5.41) is 5.20. The highest BCUT2D eigenvalue weighted by molar-refractivity contribution is 6.31. The third-order valence-corrected chi connectivity index (χ3v) is 3.30. The second-order valence-corrected chi connectivity index (χ2v) is 4.24. The van der Waals surface area contributed by atoms with Crippen molar-refractivity contribution >= 4 is 11.6 Å². The Labute approximate surface area is 94.8 Å². The summed E-state index contributed by atoms with van der Waals surface area (Å²) < 4.78 is 7.13. The van der Waals surface area contributed by atoms with Crippen molar-refractivity contribution in [2.24, 2.45) is 7.05 Å². The summed E-state index contributed by atoms with van der Waals surface area (Å²) in [6.07, 6.45) is 0. The first-order valence-corrected chi connectivity index (χ1v) is 5.54. The zero-order valence-corrected chi connectivity index (χ0v) is 9.92. The van der Waals surface area contributed by atoms with E-state index in [0.717, 1.165) is 49.3 Å². The van der Waals surface area contributed by atoms with Crippen LogP contribution in [0.5, 0.6) is 0 Å². The van der Waals surface area contributed by atoms with E-state index in [2.05, 4.69) is 10.00 Å². The molecule has 1 saturated heterocycles. The zero-order valence-electron chi connectivity index (χ0n) is 9.16.